The first-order chi connectivity index (χ1) is 15.4. The maximum Gasteiger partial charge on any atom is 0.266 e. The van der Waals surface area contributed by atoms with Gasteiger partial charge in [-0.25, -0.2) is 33.1 Å². The van der Waals surface area contributed by atoms with Crippen LogP contribution in [0, 0.1) is 17.5 Å². The Morgan fingerprint density at radius 2 is 1.84 bits per heavy atom. The van der Waals surface area contributed by atoms with Gasteiger partial charge < -0.3 is 10.3 Å². The van der Waals surface area contributed by atoms with E-state index in [0.717, 1.165) is 28.8 Å². The molecule has 5 aromatic rings. The molecule has 0 aliphatic heterocycles. The third kappa shape index (κ3) is 3.14. The monoisotopic (exact) mass is 437 g/mol. The first-order valence-electron chi connectivity index (χ1n) is 9.51. The van der Waals surface area contributed by atoms with Crippen molar-refractivity contribution in [2.24, 2.45) is 0 Å². The van der Waals surface area contributed by atoms with E-state index in [1.165, 1.54) is 24.8 Å². The Bertz CT molecular complexity index is 1530. The average Bonchev–Trinajstić information content (AvgIpc) is 3.25. The summed E-state index contributed by atoms with van der Waals surface area (Å²) in [5.74, 6) is -2.26. The van der Waals surface area contributed by atoms with Crippen LogP contribution >= 0.6 is 0 Å². The number of benzene rings is 2. The summed E-state index contributed by atoms with van der Waals surface area (Å²) in [5.41, 5.74) is -0.315. The minimum atomic E-state index is -0.963. The molecule has 32 heavy (non-hydrogen) atoms. The van der Waals surface area contributed by atoms with Gasteiger partial charge in [0.25, 0.3) is 5.56 Å². The third-order valence-electron chi connectivity index (χ3n) is 4.98. The molecule has 5 rings (SSSR count). The van der Waals surface area contributed by atoms with Gasteiger partial charge in [-0.3, -0.25) is 9.36 Å². The van der Waals surface area contributed by atoms with Gasteiger partial charge in [-0.05, 0) is 37.3 Å². The van der Waals surface area contributed by atoms with E-state index < -0.39 is 34.7 Å². The molecule has 1 atom stereocenters. The van der Waals surface area contributed by atoms with Gasteiger partial charge in [-0.1, -0.05) is 6.07 Å². The van der Waals surface area contributed by atoms with Gasteiger partial charge in [0.1, 0.15) is 40.8 Å². The van der Waals surface area contributed by atoms with E-state index in [2.05, 4.69) is 30.2 Å². The number of nitrogens with one attached hydrogen (secondary N) is 2. The van der Waals surface area contributed by atoms with Crippen LogP contribution < -0.4 is 10.9 Å². The molecule has 0 amide bonds. The average molecular weight is 437 g/mol. The fraction of sp³-hybridized carbons (Fsp3) is 0.0952. The number of aromatic nitrogens is 6. The van der Waals surface area contributed by atoms with Crippen LogP contribution in [-0.2, 0) is 0 Å². The number of anilines is 1. The number of aromatic amines is 1. The molecule has 0 bridgehead atoms. The highest BCUT2D eigenvalue weighted by Gasteiger charge is 2.23. The van der Waals surface area contributed by atoms with Crippen molar-refractivity contribution in [3.05, 3.63) is 82.7 Å². The van der Waals surface area contributed by atoms with Crippen LogP contribution in [0.4, 0.5) is 19.0 Å². The summed E-state index contributed by atoms with van der Waals surface area (Å²) in [4.78, 5) is 32.9. The molecule has 0 aliphatic carbocycles. The lowest BCUT2D eigenvalue weighted by molar-refractivity contribution is 0.557. The Balaban J connectivity index is 1.75. The number of halogens is 3. The quantitative estimate of drug-likeness (QED) is 0.445. The molecule has 0 aliphatic rings. The lowest BCUT2D eigenvalue weighted by atomic mass is 10.2. The van der Waals surface area contributed by atoms with Crippen molar-refractivity contribution in [2.45, 2.75) is 13.0 Å². The second-order valence-electron chi connectivity index (χ2n) is 7.03. The molecule has 0 fully saturated rings. The highest BCUT2D eigenvalue weighted by atomic mass is 19.1. The smallest absolute Gasteiger partial charge is 0.266 e. The van der Waals surface area contributed by atoms with E-state index in [9.17, 15) is 18.0 Å². The molecule has 0 unspecified atom stereocenters. The predicted octanol–water partition coefficient (Wildman–Crippen LogP) is 3.64. The van der Waals surface area contributed by atoms with Gasteiger partial charge >= 0.3 is 0 Å². The van der Waals surface area contributed by atoms with E-state index in [1.807, 2.05) is 0 Å². The van der Waals surface area contributed by atoms with E-state index in [1.54, 1.807) is 6.92 Å². The van der Waals surface area contributed by atoms with Crippen LogP contribution in [0.3, 0.4) is 0 Å². The molecular weight excluding hydrogens is 423 g/mol. The molecule has 2 N–H and O–H groups in total. The summed E-state index contributed by atoms with van der Waals surface area (Å²) >= 11 is 0. The molecular formula is C21H14F3N7O. The highest BCUT2D eigenvalue weighted by molar-refractivity contribution is 5.82. The Kier molecular flexibility index (Phi) is 4.58. The molecule has 3 heterocycles. The van der Waals surface area contributed by atoms with Crippen molar-refractivity contribution in [1.29, 1.82) is 0 Å². The number of para-hydroxylation sites is 1. The van der Waals surface area contributed by atoms with Crippen molar-refractivity contribution in [3.8, 4) is 5.69 Å². The minimum Gasteiger partial charge on any atom is -0.358 e. The first kappa shape index (κ1) is 19.7. The van der Waals surface area contributed by atoms with Crippen molar-refractivity contribution in [3.63, 3.8) is 0 Å². The zero-order valence-electron chi connectivity index (χ0n) is 16.5. The number of hydrogen-bond acceptors (Lipinski definition) is 6. The number of H-pyrrole nitrogens is 1. The summed E-state index contributed by atoms with van der Waals surface area (Å²) in [6.45, 7) is 1.65. The van der Waals surface area contributed by atoms with Crippen molar-refractivity contribution < 1.29 is 13.2 Å². The van der Waals surface area contributed by atoms with Gasteiger partial charge in [0.05, 0.1) is 23.3 Å². The highest BCUT2D eigenvalue weighted by Crippen LogP contribution is 2.26. The number of imidazole rings is 1. The molecule has 0 spiro atoms. The van der Waals surface area contributed by atoms with Crippen LogP contribution in [-0.4, -0.2) is 29.5 Å². The fourth-order valence-corrected chi connectivity index (χ4v) is 3.52. The molecule has 0 radical (unpaired) electrons. The molecule has 11 heteroatoms. The summed E-state index contributed by atoms with van der Waals surface area (Å²) < 4.78 is 44.0. The summed E-state index contributed by atoms with van der Waals surface area (Å²) in [6.07, 6.45) is 2.76. The SMILES string of the molecule is C[C@@H](Nc1ncnc2[nH]cnc12)c1nc2ccc(F)cc2c(=O)n1-c1c(F)cccc1F. The standard InChI is InChI=1S/C21H14F3N7O/c1-10(29-19-16-18(26-8-25-16)27-9-28-19)20-30-15-6-5-11(22)7-12(15)21(32)31(20)17-13(23)3-2-4-14(17)24/h2-10H,1H3,(H2,25,26,27,28,29)/t10-/m1/s1. The third-order valence-corrected chi connectivity index (χ3v) is 4.98. The van der Waals surface area contributed by atoms with Crippen LogP contribution in [0.25, 0.3) is 27.8 Å². The largest absolute Gasteiger partial charge is 0.358 e. The normalized spacial score (nSPS) is 12.4. The Morgan fingerprint density at radius 3 is 2.62 bits per heavy atom. The zero-order valence-corrected chi connectivity index (χ0v) is 16.5. The Morgan fingerprint density at radius 1 is 1.06 bits per heavy atom. The van der Waals surface area contributed by atoms with Crippen molar-refractivity contribution >= 4 is 27.9 Å². The second-order valence-corrected chi connectivity index (χ2v) is 7.03. The molecule has 0 saturated carbocycles. The molecule has 2 aromatic carbocycles. The lowest BCUT2D eigenvalue weighted by Crippen LogP contribution is -2.29. The van der Waals surface area contributed by atoms with E-state index in [-0.39, 0.29) is 16.7 Å². The van der Waals surface area contributed by atoms with Crippen LogP contribution in [0.5, 0.6) is 0 Å². The number of rotatable bonds is 4. The molecule has 0 saturated heterocycles. The van der Waals surface area contributed by atoms with Gasteiger partial charge in [-0.2, -0.15) is 0 Å². The molecule has 3 aromatic heterocycles. The maximum absolute atomic E-state index is 14.7. The van der Waals surface area contributed by atoms with E-state index in [0.29, 0.717) is 17.0 Å². The summed E-state index contributed by atoms with van der Waals surface area (Å²) in [5, 5.41) is 2.95. The first-order valence-corrected chi connectivity index (χ1v) is 9.51. The second kappa shape index (κ2) is 7.45. The van der Waals surface area contributed by atoms with Gasteiger partial charge in [0.2, 0.25) is 0 Å². The topological polar surface area (TPSA) is 101 Å². The van der Waals surface area contributed by atoms with Crippen molar-refractivity contribution in [1.82, 2.24) is 29.5 Å². The van der Waals surface area contributed by atoms with E-state index >= 15 is 0 Å². The van der Waals surface area contributed by atoms with Gasteiger partial charge in [0.15, 0.2) is 11.5 Å². The number of fused-ring (bicyclic) bond motifs is 2. The van der Waals surface area contributed by atoms with Gasteiger partial charge in [0, 0.05) is 0 Å². The maximum atomic E-state index is 14.7. The van der Waals surface area contributed by atoms with Crippen LogP contribution in [0.15, 0.2) is 53.8 Å². The van der Waals surface area contributed by atoms with Gasteiger partial charge in [-0.15, -0.1) is 0 Å². The predicted molar refractivity (Wildman–Crippen MR) is 111 cm³/mol. The van der Waals surface area contributed by atoms with Crippen LogP contribution in [0.2, 0.25) is 0 Å². The zero-order chi connectivity index (χ0) is 22.4. The molecule has 8 nitrogen and oxygen atoms in total. The summed E-state index contributed by atoms with van der Waals surface area (Å²) in [6, 6.07) is 5.96. The summed E-state index contributed by atoms with van der Waals surface area (Å²) in [7, 11) is 0. The lowest BCUT2D eigenvalue weighted by Gasteiger charge is -2.20. The minimum absolute atomic E-state index is 0.000376. The fourth-order valence-electron chi connectivity index (χ4n) is 3.52. The Labute approximate surface area is 177 Å². The number of hydrogen-bond donors (Lipinski definition) is 2. The molecule has 160 valence electrons. The van der Waals surface area contributed by atoms with E-state index in [4.69, 9.17) is 0 Å². The van der Waals surface area contributed by atoms with Crippen LogP contribution in [0.1, 0.15) is 18.8 Å². The number of nitrogens with zero attached hydrogens (tertiary/aromatic N) is 5. The van der Waals surface area contributed by atoms with Crippen molar-refractivity contribution in [2.75, 3.05) is 5.32 Å². The Hall–Kier alpha value is -4.28.